The Labute approximate surface area is 117 Å². The van der Waals surface area contributed by atoms with Gasteiger partial charge < -0.3 is 10.1 Å². The van der Waals surface area contributed by atoms with Crippen molar-refractivity contribution in [2.75, 3.05) is 13.7 Å². The largest absolute Gasteiger partial charge is 0.377 e. The number of likely N-dealkylation sites (N-methyl/N-ethyl adjacent to an activating group) is 1. The van der Waals surface area contributed by atoms with Crippen molar-refractivity contribution >= 4 is 0 Å². The van der Waals surface area contributed by atoms with Gasteiger partial charge in [0.05, 0.1) is 6.10 Å². The highest BCUT2D eigenvalue weighted by atomic mass is 16.5. The van der Waals surface area contributed by atoms with Crippen LogP contribution in [0.5, 0.6) is 0 Å². The number of rotatable bonds is 7. The van der Waals surface area contributed by atoms with E-state index in [0.717, 1.165) is 6.61 Å². The minimum Gasteiger partial charge on any atom is -0.377 e. The Morgan fingerprint density at radius 1 is 1.32 bits per heavy atom. The Hall–Kier alpha value is -0.860. The molecule has 1 N–H and O–H groups in total. The van der Waals surface area contributed by atoms with E-state index in [4.69, 9.17) is 4.74 Å². The van der Waals surface area contributed by atoms with E-state index in [1.54, 1.807) is 5.56 Å². The van der Waals surface area contributed by atoms with Crippen LogP contribution in [0, 0.1) is 5.92 Å². The standard InChI is InChI=1S/C17H27NO/c1-5-19-17(12(2)3)16(18-4)11-14-10-13-8-6-7-9-15(13)14/h6-9,12,14,16-18H,5,10-11H2,1-4H3. The molecule has 1 aliphatic rings. The van der Waals surface area contributed by atoms with Gasteiger partial charge in [-0.2, -0.15) is 0 Å². The van der Waals surface area contributed by atoms with Gasteiger partial charge in [0.2, 0.25) is 0 Å². The van der Waals surface area contributed by atoms with Crippen LogP contribution in [0.1, 0.15) is 44.2 Å². The van der Waals surface area contributed by atoms with Crippen LogP contribution in [0.3, 0.4) is 0 Å². The maximum atomic E-state index is 5.95. The highest BCUT2D eigenvalue weighted by Crippen LogP contribution is 2.38. The quantitative estimate of drug-likeness (QED) is 0.812. The molecule has 0 heterocycles. The number of benzene rings is 1. The lowest BCUT2D eigenvalue weighted by atomic mass is 9.73. The molecule has 0 amide bonds. The lowest BCUT2D eigenvalue weighted by Crippen LogP contribution is -2.44. The van der Waals surface area contributed by atoms with Gasteiger partial charge in [-0.15, -0.1) is 0 Å². The van der Waals surface area contributed by atoms with Crippen molar-refractivity contribution in [3.8, 4) is 0 Å². The second-order valence-corrected chi connectivity index (χ2v) is 5.89. The smallest absolute Gasteiger partial charge is 0.0750 e. The fourth-order valence-electron chi connectivity index (χ4n) is 3.26. The molecule has 0 saturated carbocycles. The van der Waals surface area contributed by atoms with Crippen LogP contribution in [0.25, 0.3) is 0 Å². The first-order chi connectivity index (χ1) is 9.17. The Morgan fingerprint density at radius 3 is 2.63 bits per heavy atom. The summed E-state index contributed by atoms with van der Waals surface area (Å²) in [6, 6.07) is 9.27. The average molecular weight is 261 g/mol. The predicted molar refractivity (Wildman–Crippen MR) is 80.6 cm³/mol. The van der Waals surface area contributed by atoms with Crippen molar-refractivity contribution in [2.45, 2.75) is 51.7 Å². The molecule has 0 saturated heterocycles. The Kier molecular flexibility index (Phi) is 5.00. The molecule has 0 fully saturated rings. The van der Waals surface area contributed by atoms with E-state index in [9.17, 15) is 0 Å². The van der Waals surface area contributed by atoms with Gasteiger partial charge in [-0.05, 0) is 49.8 Å². The molecule has 0 aliphatic heterocycles. The maximum absolute atomic E-state index is 5.95. The summed E-state index contributed by atoms with van der Waals surface area (Å²) in [7, 11) is 2.06. The molecule has 1 aliphatic carbocycles. The van der Waals surface area contributed by atoms with Crippen LogP contribution in [0.4, 0.5) is 0 Å². The summed E-state index contributed by atoms with van der Waals surface area (Å²) in [6.45, 7) is 7.38. The Bertz CT molecular complexity index is 402. The van der Waals surface area contributed by atoms with Gasteiger partial charge in [0, 0.05) is 12.6 Å². The zero-order valence-electron chi connectivity index (χ0n) is 12.6. The Balaban J connectivity index is 2.00. The van der Waals surface area contributed by atoms with Crippen LogP contribution in [0.2, 0.25) is 0 Å². The molecule has 0 spiro atoms. The van der Waals surface area contributed by atoms with Crippen LogP contribution >= 0.6 is 0 Å². The number of hydrogen-bond acceptors (Lipinski definition) is 2. The van der Waals surface area contributed by atoms with E-state index >= 15 is 0 Å². The van der Waals surface area contributed by atoms with Crippen molar-refractivity contribution in [3.63, 3.8) is 0 Å². The van der Waals surface area contributed by atoms with E-state index < -0.39 is 0 Å². The maximum Gasteiger partial charge on any atom is 0.0750 e. The van der Waals surface area contributed by atoms with Crippen LogP contribution in [0.15, 0.2) is 24.3 Å². The predicted octanol–water partition coefficient (Wildman–Crippen LogP) is 3.37. The topological polar surface area (TPSA) is 21.3 Å². The monoisotopic (exact) mass is 261 g/mol. The molecule has 2 rings (SSSR count). The van der Waals surface area contributed by atoms with Gasteiger partial charge in [-0.1, -0.05) is 38.1 Å². The van der Waals surface area contributed by atoms with Crippen LogP contribution in [-0.4, -0.2) is 25.8 Å². The molecule has 3 atom stereocenters. The molecule has 1 aromatic rings. The van der Waals surface area contributed by atoms with E-state index in [2.05, 4.69) is 57.4 Å². The number of hydrogen-bond donors (Lipinski definition) is 1. The van der Waals surface area contributed by atoms with Crippen molar-refractivity contribution in [2.24, 2.45) is 5.92 Å². The average Bonchev–Trinajstić information content (AvgIpc) is 2.38. The van der Waals surface area contributed by atoms with Gasteiger partial charge in [0.25, 0.3) is 0 Å². The van der Waals surface area contributed by atoms with Gasteiger partial charge in [-0.25, -0.2) is 0 Å². The summed E-state index contributed by atoms with van der Waals surface area (Å²) in [4.78, 5) is 0. The van der Waals surface area contributed by atoms with Gasteiger partial charge in [0.15, 0.2) is 0 Å². The molecule has 0 radical (unpaired) electrons. The van der Waals surface area contributed by atoms with Gasteiger partial charge in [0.1, 0.15) is 0 Å². The highest BCUT2D eigenvalue weighted by Gasteiger charge is 2.32. The molecule has 106 valence electrons. The second kappa shape index (κ2) is 6.53. The van der Waals surface area contributed by atoms with Crippen molar-refractivity contribution in [1.29, 1.82) is 0 Å². The summed E-state index contributed by atoms with van der Waals surface area (Å²) in [5.74, 6) is 1.25. The third-order valence-electron chi connectivity index (χ3n) is 4.28. The highest BCUT2D eigenvalue weighted by molar-refractivity contribution is 5.40. The second-order valence-electron chi connectivity index (χ2n) is 5.89. The molecule has 19 heavy (non-hydrogen) atoms. The first-order valence-corrected chi connectivity index (χ1v) is 7.54. The molecule has 0 bridgehead atoms. The van der Waals surface area contributed by atoms with E-state index in [1.165, 1.54) is 18.4 Å². The first-order valence-electron chi connectivity index (χ1n) is 7.54. The van der Waals surface area contributed by atoms with Gasteiger partial charge in [-0.3, -0.25) is 0 Å². The Morgan fingerprint density at radius 2 is 2.05 bits per heavy atom. The van der Waals surface area contributed by atoms with Crippen molar-refractivity contribution < 1.29 is 4.74 Å². The third-order valence-corrected chi connectivity index (χ3v) is 4.28. The van der Waals surface area contributed by atoms with Crippen molar-refractivity contribution in [1.82, 2.24) is 5.32 Å². The molecular weight excluding hydrogens is 234 g/mol. The number of fused-ring (bicyclic) bond motifs is 1. The summed E-state index contributed by atoms with van der Waals surface area (Å²) in [5, 5.41) is 3.47. The minimum absolute atomic E-state index is 0.308. The minimum atomic E-state index is 0.308. The third kappa shape index (κ3) is 3.18. The normalized spacial score (nSPS) is 20.8. The molecular formula is C17H27NO. The molecule has 3 unspecified atom stereocenters. The molecule has 2 heteroatoms. The van der Waals surface area contributed by atoms with E-state index in [0.29, 0.717) is 24.0 Å². The number of nitrogens with one attached hydrogen (secondary N) is 1. The lowest BCUT2D eigenvalue weighted by Gasteiger charge is -2.37. The van der Waals surface area contributed by atoms with Crippen LogP contribution in [-0.2, 0) is 11.2 Å². The molecule has 2 nitrogen and oxygen atoms in total. The lowest BCUT2D eigenvalue weighted by molar-refractivity contribution is 0.00113. The fourth-order valence-corrected chi connectivity index (χ4v) is 3.26. The fraction of sp³-hybridized carbons (Fsp3) is 0.647. The summed E-state index contributed by atoms with van der Waals surface area (Å²) in [5.41, 5.74) is 3.07. The van der Waals surface area contributed by atoms with E-state index in [1.807, 2.05) is 0 Å². The molecule has 0 aromatic heterocycles. The molecule has 1 aromatic carbocycles. The van der Waals surface area contributed by atoms with Crippen LogP contribution < -0.4 is 5.32 Å². The zero-order valence-corrected chi connectivity index (χ0v) is 12.6. The summed E-state index contributed by atoms with van der Waals surface area (Å²) in [6.07, 6.45) is 2.71. The van der Waals surface area contributed by atoms with Crippen molar-refractivity contribution in [3.05, 3.63) is 35.4 Å². The summed E-state index contributed by atoms with van der Waals surface area (Å²) < 4.78 is 5.95. The number of ether oxygens (including phenoxy) is 1. The first kappa shape index (κ1) is 14.5. The summed E-state index contributed by atoms with van der Waals surface area (Å²) >= 11 is 0. The SMILES string of the molecule is CCOC(C(C)C)C(CC1Cc2ccccc21)NC. The van der Waals surface area contributed by atoms with E-state index in [-0.39, 0.29) is 0 Å². The zero-order chi connectivity index (χ0) is 13.8. The van der Waals surface area contributed by atoms with Gasteiger partial charge >= 0.3 is 0 Å².